The molecule has 0 bridgehead atoms. The number of allylic oxidation sites excluding steroid dienone is 1. The van der Waals surface area contributed by atoms with Crippen molar-refractivity contribution in [3.8, 4) is 0 Å². The highest BCUT2D eigenvalue weighted by Crippen LogP contribution is 2.07. The van der Waals surface area contributed by atoms with Crippen molar-refractivity contribution in [2.75, 3.05) is 6.54 Å². The molecular weight excluding hydrogens is 194 g/mol. The van der Waals surface area contributed by atoms with Gasteiger partial charge in [0.05, 0.1) is 6.10 Å². The highest BCUT2D eigenvalue weighted by atomic mass is 16.6. The maximum atomic E-state index is 11.3. The Bertz CT molecular complexity index is 239. The summed E-state index contributed by atoms with van der Waals surface area (Å²) in [5.41, 5.74) is 0.211. The molecule has 0 fully saturated rings. The first-order valence-electron chi connectivity index (χ1n) is 5.04. The molecule has 0 aromatic heterocycles. The average molecular weight is 215 g/mol. The number of carbonyl (C=O) groups is 1. The second kappa shape index (κ2) is 5.75. The van der Waals surface area contributed by atoms with Gasteiger partial charge in [-0.25, -0.2) is 4.79 Å². The number of aliphatic hydroxyl groups excluding tert-OH is 1. The molecular formula is C11H21NO3. The van der Waals surface area contributed by atoms with Crippen molar-refractivity contribution in [3.05, 3.63) is 11.8 Å². The number of esters is 1. The van der Waals surface area contributed by atoms with E-state index in [-0.39, 0.29) is 5.97 Å². The first-order valence-corrected chi connectivity index (χ1v) is 5.04. The van der Waals surface area contributed by atoms with Gasteiger partial charge in [0.1, 0.15) is 5.60 Å². The molecule has 0 radical (unpaired) electrons. The fourth-order valence-electron chi connectivity index (χ4n) is 0.868. The molecule has 4 nitrogen and oxygen atoms in total. The van der Waals surface area contributed by atoms with Crippen molar-refractivity contribution in [1.29, 1.82) is 0 Å². The first kappa shape index (κ1) is 14.0. The van der Waals surface area contributed by atoms with Crippen LogP contribution in [0, 0.1) is 0 Å². The Morgan fingerprint density at radius 2 is 2.07 bits per heavy atom. The Morgan fingerprint density at radius 1 is 1.53 bits per heavy atom. The molecule has 0 aliphatic carbocycles. The van der Waals surface area contributed by atoms with Crippen LogP contribution in [0.15, 0.2) is 11.8 Å². The molecule has 0 unspecified atom stereocenters. The Labute approximate surface area is 91.3 Å². The van der Waals surface area contributed by atoms with Crippen molar-refractivity contribution < 1.29 is 14.6 Å². The van der Waals surface area contributed by atoms with E-state index >= 15 is 0 Å². The predicted octanol–water partition coefficient (Wildman–Crippen LogP) is 1.20. The molecule has 1 atom stereocenters. The van der Waals surface area contributed by atoms with Crippen LogP contribution in [0.5, 0.6) is 0 Å². The summed E-state index contributed by atoms with van der Waals surface area (Å²) in [5, 5.41) is 11.9. The Balaban J connectivity index is 4.07. The number of rotatable bonds is 4. The minimum absolute atomic E-state index is 0.377. The Morgan fingerprint density at radius 3 is 2.47 bits per heavy atom. The number of carbonyl (C=O) groups excluding carboxylic acids is 1. The third-order valence-electron chi connectivity index (χ3n) is 1.42. The molecule has 2 N–H and O–H groups in total. The van der Waals surface area contributed by atoms with Gasteiger partial charge in [0.2, 0.25) is 0 Å². The zero-order valence-corrected chi connectivity index (χ0v) is 10.1. The standard InChI is InChI=1S/C11H21NO3/c1-8(12-7-9(2)13)6-10(14)15-11(3,4)5/h6,9,12-13H,7H2,1-5H3/b8-6-/t9-/m1/s1. The molecule has 0 amide bonds. The fraction of sp³-hybridized carbons (Fsp3) is 0.727. The summed E-state index contributed by atoms with van der Waals surface area (Å²) < 4.78 is 5.10. The second-order valence-corrected chi connectivity index (χ2v) is 4.59. The van der Waals surface area contributed by atoms with Gasteiger partial charge >= 0.3 is 5.97 Å². The van der Waals surface area contributed by atoms with Gasteiger partial charge in [-0.1, -0.05) is 0 Å². The molecule has 0 saturated heterocycles. The molecule has 0 heterocycles. The average Bonchev–Trinajstić information content (AvgIpc) is 1.96. The summed E-state index contributed by atoms with van der Waals surface area (Å²) in [4.78, 5) is 11.3. The Kier molecular flexibility index (Phi) is 5.36. The number of nitrogens with one attached hydrogen (secondary N) is 1. The molecule has 88 valence electrons. The van der Waals surface area contributed by atoms with Crippen LogP contribution < -0.4 is 5.32 Å². The van der Waals surface area contributed by atoms with Gasteiger partial charge in [0, 0.05) is 18.3 Å². The fourth-order valence-corrected chi connectivity index (χ4v) is 0.868. The van der Waals surface area contributed by atoms with Gasteiger partial charge in [-0.05, 0) is 34.6 Å². The van der Waals surface area contributed by atoms with E-state index in [1.807, 2.05) is 20.8 Å². The minimum atomic E-state index is -0.474. The summed E-state index contributed by atoms with van der Waals surface area (Å²) in [5.74, 6) is -0.377. The van der Waals surface area contributed by atoms with Gasteiger partial charge < -0.3 is 15.2 Å². The van der Waals surface area contributed by atoms with Crippen molar-refractivity contribution in [1.82, 2.24) is 5.32 Å². The lowest BCUT2D eigenvalue weighted by Crippen LogP contribution is -2.25. The summed E-state index contributed by atoms with van der Waals surface area (Å²) in [6.07, 6.45) is 0.945. The molecule has 0 rings (SSSR count). The van der Waals surface area contributed by atoms with Gasteiger partial charge in [-0.15, -0.1) is 0 Å². The van der Waals surface area contributed by atoms with Crippen LogP contribution >= 0.6 is 0 Å². The number of hydrogen-bond acceptors (Lipinski definition) is 4. The number of aliphatic hydroxyl groups is 1. The molecule has 0 aromatic carbocycles. The van der Waals surface area contributed by atoms with E-state index < -0.39 is 11.7 Å². The highest BCUT2D eigenvalue weighted by molar-refractivity contribution is 5.82. The van der Waals surface area contributed by atoms with Crippen LogP contribution in [0.2, 0.25) is 0 Å². The highest BCUT2D eigenvalue weighted by Gasteiger charge is 2.14. The van der Waals surface area contributed by atoms with Crippen LogP contribution in [-0.4, -0.2) is 29.3 Å². The molecule has 0 aliphatic rings. The molecule has 0 spiro atoms. The van der Waals surface area contributed by atoms with Gasteiger partial charge in [0.15, 0.2) is 0 Å². The van der Waals surface area contributed by atoms with Crippen LogP contribution in [0.1, 0.15) is 34.6 Å². The maximum absolute atomic E-state index is 11.3. The maximum Gasteiger partial charge on any atom is 0.333 e. The molecule has 15 heavy (non-hydrogen) atoms. The van der Waals surface area contributed by atoms with Crippen LogP contribution in [0.4, 0.5) is 0 Å². The first-order chi connectivity index (χ1) is 6.70. The zero-order chi connectivity index (χ0) is 12.1. The molecule has 0 aromatic rings. The summed E-state index contributed by atoms with van der Waals surface area (Å²) in [7, 11) is 0. The van der Waals surface area contributed by atoms with Crippen molar-refractivity contribution in [2.24, 2.45) is 0 Å². The van der Waals surface area contributed by atoms with Crippen molar-refractivity contribution in [2.45, 2.75) is 46.3 Å². The smallest absolute Gasteiger partial charge is 0.333 e. The Hall–Kier alpha value is -1.03. The minimum Gasteiger partial charge on any atom is -0.457 e. The van der Waals surface area contributed by atoms with E-state index in [0.29, 0.717) is 12.2 Å². The normalized spacial score (nSPS) is 14.7. The molecule has 0 saturated carbocycles. The third-order valence-corrected chi connectivity index (χ3v) is 1.42. The SMILES string of the molecule is C/C(=C/C(=O)OC(C)(C)C)NC[C@@H](C)O. The van der Waals surface area contributed by atoms with Crippen molar-refractivity contribution in [3.63, 3.8) is 0 Å². The lowest BCUT2D eigenvalue weighted by Gasteiger charge is -2.18. The third kappa shape index (κ3) is 9.28. The number of ether oxygens (including phenoxy) is 1. The van der Waals surface area contributed by atoms with Gasteiger partial charge in [-0.3, -0.25) is 0 Å². The lowest BCUT2D eigenvalue weighted by molar-refractivity contribution is -0.148. The lowest BCUT2D eigenvalue weighted by atomic mass is 10.2. The van der Waals surface area contributed by atoms with Crippen LogP contribution in [0.3, 0.4) is 0 Å². The van der Waals surface area contributed by atoms with Crippen LogP contribution in [-0.2, 0) is 9.53 Å². The summed E-state index contributed by atoms with van der Waals surface area (Å²) in [6.45, 7) is 9.30. The van der Waals surface area contributed by atoms with E-state index in [1.165, 1.54) is 6.08 Å². The molecule has 4 heteroatoms. The van der Waals surface area contributed by atoms with Gasteiger partial charge in [-0.2, -0.15) is 0 Å². The predicted molar refractivity (Wildman–Crippen MR) is 59.3 cm³/mol. The molecule has 0 aliphatic heterocycles. The number of hydrogen-bond donors (Lipinski definition) is 2. The topological polar surface area (TPSA) is 58.6 Å². The van der Waals surface area contributed by atoms with E-state index in [1.54, 1.807) is 13.8 Å². The monoisotopic (exact) mass is 215 g/mol. The second-order valence-electron chi connectivity index (χ2n) is 4.59. The largest absolute Gasteiger partial charge is 0.457 e. The van der Waals surface area contributed by atoms with Crippen molar-refractivity contribution >= 4 is 5.97 Å². The quantitative estimate of drug-likeness (QED) is 0.546. The van der Waals surface area contributed by atoms with E-state index in [0.717, 1.165) is 0 Å². The summed E-state index contributed by atoms with van der Waals surface area (Å²) in [6, 6.07) is 0. The van der Waals surface area contributed by atoms with Gasteiger partial charge in [0.25, 0.3) is 0 Å². The van der Waals surface area contributed by atoms with E-state index in [4.69, 9.17) is 9.84 Å². The van der Waals surface area contributed by atoms with E-state index in [9.17, 15) is 4.79 Å². The van der Waals surface area contributed by atoms with E-state index in [2.05, 4.69) is 5.32 Å². The van der Waals surface area contributed by atoms with Crippen LogP contribution in [0.25, 0.3) is 0 Å². The summed E-state index contributed by atoms with van der Waals surface area (Å²) >= 11 is 0. The zero-order valence-electron chi connectivity index (χ0n) is 10.1.